The molecule has 0 saturated heterocycles. The van der Waals surface area contributed by atoms with Crippen molar-refractivity contribution in [2.24, 2.45) is 0 Å². The van der Waals surface area contributed by atoms with Crippen LogP contribution in [0.1, 0.15) is 5.69 Å². The van der Waals surface area contributed by atoms with Crippen molar-refractivity contribution in [1.82, 2.24) is 9.97 Å². The predicted octanol–water partition coefficient (Wildman–Crippen LogP) is 2.75. The fourth-order valence-corrected chi connectivity index (χ4v) is 2.29. The van der Waals surface area contributed by atoms with Crippen LogP contribution in [0.15, 0.2) is 35.6 Å². The van der Waals surface area contributed by atoms with Gasteiger partial charge in [0.05, 0.1) is 16.5 Å². The molecule has 0 aliphatic rings. The van der Waals surface area contributed by atoms with E-state index in [0.29, 0.717) is 21.6 Å². The zero-order valence-electron chi connectivity index (χ0n) is 10.8. The van der Waals surface area contributed by atoms with Crippen molar-refractivity contribution in [2.45, 2.75) is 12.1 Å². The highest BCUT2D eigenvalue weighted by molar-refractivity contribution is 7.99. The first kappa shape index (κ1) is 14.6. The number of nitrogen functional groups attached to an aromatic ring is 1. The Hall–Kier alpha value is -1.79. The molecule has 1 amide bonds. The quantitative estimate of drug-likeness (QED) is 0.515. The van der Waals surface area contributed by atoms with E-state index in [1.165, 1.54) is 11.8 Å². The van der Waals surface area contributed by atoms with Crippen LogP contribution in [0.5, 0.6) is 0 Å². The number of benzene rings is 1. The number of carbonyl (C=O) groups excluding carboxylic acids is 1. The second-order valence-corrected chi connectivity index (χ2v) is 5.41. The number of carbonyl (C=O) groups is 1. The van der Waals surface area contributed by atoms with E-state index >= 15 is 0 Å². The Morgan fingerprint density at radius 2 is 2.25 bits per heavy atom. The maximum atomic E-state index is 11.8. The van der Waals surface area contributed by atoms with Gasteiger partial charge in [0.15, 0.2) is 5.16 Å². The van der Waals surface area contributed by atoms with Crippen LogP contribution in [0.25, 0.3) is 0 Å². The second-order valence-electron chi connectivity index (χ2n) is 4.06. The third kappa shape index (κ3) is 4.11. The topological polar surface area (TPSA) is 80.9 Å². The van der Waals surface area contributed by atoms with Crippen LogP contribution in [0.3, 0.4) is 0 Å². The number of aryl methyl sites for hydroxylation is 1. The Labute approximate surface area is 126 Å². The third-order valence-corrected chi connectivity index (χ3v) is 3.56. The summed E-state index contributed by atoms with van der Waals surface area (Å²) in [6, 6.07) is 6.74. The normalized spacial score (nSPS) is 10.3. The molecule has 0 radical (unpaired) electrons. The van der Waals surface area contributed by atoms with Crippen LogP contribution >= 0.6 is 23.4 Å². The molecule has 7 heteroatoms. The summed E-state index contributed by atoms with van der Waals surface area (Å²) in [7, 11) is 0. The summed E-state index contributed by atoms with van der Waals surface area (Å²) in [6.45, 7) is 1.87. The number of nitrogens with one attached hydrogen (secondary N) is 1. The van der Waals surface area contributed by atoms with Gasteiger partial charge in [-0.15, -0.1) is 0 Å². The van der Waals surface area contributed by atoms with E-state index in [-0.39, 0.29) is 11.7 Å². The highest BCUT2D eigenvalue weighted by Gasteiger charge is 2.08. The zero-order chi connectivity index (χ0) is 14.5. The minimum absolute atomic E-state index is 0.187. The third-order valence-electron chi connectivity index (χ3n) is 2.37. The van der Waals surface area contributed by atoms with Gasteiger partial charge in [0.25, 0.3) is 0 Å². The smallest absolute Gasteiger partial charge is 0.234 e. The number of hydrogen-bond donors (Lipinski definition) is 2. The van der Waals surface area contributed by atoms with Gasteiger partial charge in [0.1, 0.15) is 0 Å². The van der Waals surface area contributed by atoms with Gasteiger partial charge in [-0.25, -0.2) is 9.97 Å². The maximum absolute atomic E-state index is 11.8. The van der Waals surface area contributed by atoms with Crippen molar-refractivity contribution < 1.29 is 4.79 Å². The summed E-state index contributed by atoms with van der Waals surface area (Å²) < 4.78 is 0. The van der Waals surface area contributed by atoms with E-state index in [9.17, 15) is 4.79 Å². The standard InChI is InChI=1S/C13H13ClN4OS/c1-8-4-5-16-13(17-8)20-7-12(19)18-11-6-9(15)2-3-10(11)14/h2-6H,7,15H2,1H3,(H,18,19). The molecule has 2 rings (SSSR count). The van der Waals surface area contributed by atoms with Gasteiger partial charge < -0.3 is 11.1 Å². The molecule has 0 atom stereocenters. The first-order chi connectivity index (χ1) is 9.54. The lowest BCUT2D eigenvalue weighted by molar-refractivity contribution is -0.113. The molecule has 0 aliphatic carbocycles. The summed E-state index contributed by atoms with van der Waals surface area (Å²) in [5.74, 6) is 0.0156. The van der Waals surface area contributed by atoms with E-state index in [0.717, 1.165) is 5.69 Å². The molecule has 1 heterocycles. The van der Waals surface area contributed by atoms with Crippen LogP contribution in [0.2, 0.25) is 5.02 Å². The summed E-state index contributed by atoms with van der Waals surface area (Å²) >= 11 is 7.24. The number of hydrogen-bond acceptors (Lipinski definition) is 5. The molecular formula is C13H13ClN4OS. The number of aromatic nitrogens is 2. The van der Waals surface area contributed by atoms with Crippen LogP contribution in [0, 0.1) is 6.92 Å². The molecule has 0 bridgehead atoms. The van der Waals surface area contributed by atoms with E-state index in [2.05, 4.69) is 15.3 Å². The van der Waals surface area contributed by atoms with Gasteiger partial charge in [-0.2, -0.15) is 0 Å². The summed E-state index contributed by atoms with van der Waals surface area (Å²) in [4.78, 5) is 20.1. The first-order valence-corrected chi connectivity index (χ1v) is 7.18. The molecule has 0 aliphatic heterocycles. The number of nitrogens with two attached hydrogens (primary N) is 1. The van der Waals surface area contributed by atoms with E-state index in [4.69, 9.17) is 17.3 Å². The molecule has 1 aromatic heterocycles. The molecule has 1 aromatic carbocycles. The number of anilines is 2. The number of halogens is 1. The van der Waals surface area contributed by atoms with Crippen molar-refractivity contribution >= 4 is 40.6 Å². The predicted molar refractivity (Wildman–Crippen MR) is 82.0 cm³/mol. The monoisotopic (exact) mass is 308 g/mol. The average molecular weight is 309 g/mol. The first-order valence-electron chi connectivity index (χ1n) is 5.82. The molecule has 0 spiro atoms. The lowest BCUT2D eigenvalue weighted by Crippen LogP contribution is -2.14. The molecule has 5 nitrogen and oxygen atoms in total. The van der Waals surface area contributed by atoms with Crippen LogP contribution < -0.4 is 11.1 Å². The van der Waals surface area contributed by atoms with Gasteiger partial charge >= 0.3 is 0 Å². The van der Waals surface area contributed by atoms with Crippen molar-refractivity contribution in [3.63, 3.8) is 0 Å². The number of amides is 1. The number of thioether (sulfide) groups is 1. The molecule has 0 saturated carbocycles. The van der Waals surface area contributed by atoms with Crippen LogP contribution in [0.4, 0.5) is 11.4 Å². The molecule has 0 unspecified atom stereocenters. The maximum Gasteiger partial charge on any atom is 0.234 e. The van der Waals surface area contributed by atoms with Gasteiger partial charge in [0, 0.05) is 17.6 Å². The summed E-state index contributed by atoms with van der Waals surface area (Å²) in [5.41, 5.74) is 7.56. The second kappa shape index (κ2) is 6.58. The van der Waals surface area contributed by atoms with Crippen molar-refractivity contribution in [3.8, 4) is 0 Å². The van der Waals surface area contributed by atoms with Crippen LogP contribution in [-0.4, -0.2) is 21.6 Å². The summed E-state index contributed by atoms with van der Waals surface area (Å²) in [5, 5.41) is 3.73. The van der Waals surface area contributed by atoms with E-state index in [1.807, 2.05) is 6.92 Å². The van der Waals surface area contributed by atoms with E-state index in [1.54, 1.807) is 30.5 Å². The van der Waals surface area contributed by atoms with Crippen LogP contribution in [-0.2, 0) is 4.79 Å². The molecule has 0 fully saturated rings. The Morgan fingerprint density at radius 3 is 3.00 bits per heavy atom. The van der Waals surface area contributed by atoms with Crippen molar-refractivity contribution in [1.29, 1.82) is 0 Å². The Balaban J connectivity index is 1.94. The molecule has 3 N–H and O–H groups in total. The highest BCUT2D eigenvalue weighted by atomic mass is 35.5. The minimum Gasteiger partial charge on any atom is -0.399 e. The van der Waals surface area contributed by atoms with Gasteiger partial charge in [-0.1, -0.05) is 23.4 Å². The summed E-state index contributed by atoms with van der Waals surface area (Å²) in [6.07, 6.45) is 1.66. The minimum atomic E-state index is -0.187. The van der Waals surface area contributed by atoms with Gasteiger partial charge in [-0.05, 0) is 31.2 Å². The molecule has 104 valence electrons. The SMILES string of the molecule is Cc1ccnc(SCC(=O)Nc2cc(N)ccc2Cl)n1. The molecular weight excluding hydrogens is 296 g/mol. The largest absolute Gasteiger partial charge is 0.399 e. The van der Waals surface area contributed by atoms with E-state index < -0.39 is 0 Å². The lowest BCUT2D eigenvalue weighted by Gasteiger charge is -2.07. The number of rotatable bonds is 4. The van der Waals surface area contributed by atoms with Crippen molar-refractivity contribution in [2.75, 3.05) is 16.8 Å². The lowest BCUT2D eigenvalue weighted by atomic mass is 10.3. The molecule has 2 aromatic rings. The van der Waals surface area contributed by atoms with Gasteiger partial charge in [-0.3, -0.25) is 4.79 Å². The number of nitrogens with zero attached hydrogens (tertiary/aromatic N) is 2. The van der Waals surface area contributed by atoms with Crippen molar-refractivity contribution in [3.05, 3.63) is 41.2 Å². The van der Waals surface area contributed by atoms with Gasteiger partial charge in [0.2, 0.25) is 5.91 Å². The highest BCUT2D eigenvalue weighted by Crippen LogP contribution is 2.24. The average Bonchev–Trinajstić information content (AvgIpc) is 2.41. The Kier molecular flexibility index (Phi) is 4.81. The Bertz CT molecular complexity index is 636. The Morgan fingerprint density at radius 1 is 1.45 bits per heavy atom. The molecule has 20 heavy (non-hydrogen) atoms. The fraction of sp³-hybridized carbons (Fsp3) is 0.154. The fourth-order valence-electron chi connectivity index (χ4n) is 1.45. The zero-order valence-corrected chi connectivity index (χ0v) is 12.3.